The van der Waals surface area contributed by atoms with Crippen LogP contribution in [0.5, 0.6) is 0 Å². The van der Waals surface area contributed by atoms with E-state index in [1.807, 2.05) is 32.4 Å². The molecule has 1 aromatic heterocycles. The first-order chi connectivity index (χ1) is 10.5. The Labute approximate surface area is 132 Å². The van der Waals surface area contributed by atoms with Crippen LogP contribution in [0.1, 0.15) is 44.2 Å². The molecule has 2 aromatic rings. The number of aryl methyl sites for hydroxylation is 1. The van der Waals surface area contributed by atoms with Crippen LogP contribution in [0.4, 0.5) is 0 Å². The summed E-state index contributed by atoms with van der Waals surface area (Å²) in [6, 6.07) is 10.6. The lowest BCUT2D eigenvalue weighted by molar-refractivity contribution is 0.615. The van der Waals surface area contributed by atoms with Crippen LogP contribution in [0.2, 0.25) is 0 Å². The van der Waals surface area contributed by atoms with Gasteiger partial charge in [0.1, 0.15) is 0 Å². The second-order valence-corrected chi connectivity index (χ2v) is 5.88. The van der Waals surface area contributed by atoms with Crippen LogP contribution in [-0.2, 0) is 7.05 Å². The maximum absolute atomic E-state index is 7.79. The normalized spacial score (nSPS) is 14.6. The first kappa shape index (κ1) is 16.1. The summed E-state index contributed by atoms with van der Waals surface area (Å²) in [6.45, 7) is 6.14. The molecule has 2 atom stereocenters. The fourth-order valence-electron chi connectivity index (χ4n) is 2.44. The number of nitrogens with one attached hydrogen (secondary N) is 1. The zero-order chi connectivity index (χ0) is 16.1. The van der Waals surface area contributed by atoms with Gasteiger partial charge in [-0.2, -0.15) is 5.10 Å². The van der Waals surface area contributed by atoms with E-state index in [2.05, 4.69) is 43.2 Å². The third-order valence-electron chi connectivity index (χ3n) is 3.88. The summed E-state index contributed by atoms with van der Waals surface area (Å²) in [7, 11) is 1.90. The zero-order valence-electron chi connectivity index (χ0n) is 13.7. The summed E-state index contributed by atoms with van der Waals surface area (Å²) in [5, 5.41) is 12.0. The molecule has 0 saturated carbocycles. The van der Waals surface area contributed by atoms with Gasteiger partial charge in [0.2, 0.25) is 0 Å². The lowest BCUT2D eigenvalue weighted by Gasteiger charge is -2.18. The van der Waals surface area contributed by atoms with Crippen LogP contribution in [0.15, 0.2) is 47.7 Å². The van der Waals surface area contributed by atoms with E-state index in [1.54, 1.807) is 4.68 Å². The minimum Gasteiger partial charge on any atom is -0.310 e. The monoisotopic (exact) mass is 296 g/mol. The molecule has 1 N–H and O–H groups in total. The van der Waals surface area contributed by atoms with Crippen molar-refractivity contribution in [2.24, 2.45) is 12.0 Å². The van der Waals surface area contributed by atoms with Crippen LogP contribution in [0.25, 0.3) is 0 Å². The third-order valence-corrected chi connectivity index (χ3v) is 3.88. The zero-order valence-corrected chi connectivity index (χ0v) is 13.7. The quantitative estimate of drug-likeness (QED) is 0.809. The summed E-state index contributed by atoms with van der Waals surface area (Å²) < 4.78 is 1.77. The number of benzene rings is 1. The first-order valence-electron chi connectivity index (χ1n) is 7.62. The van der Waals surface area contributed by atoms with Crippen molar-refractivity contribution < 1.29 is 0 Å². The summed E-state index contributed by atoms with van der Waals surface area (Å²) >= 11 is 0. The molecular weight excluding hydrogens is 272 g/mol. The molecule has 0 amide bonds. The molecule has 22 heavy (non-hydrogen) atoms. The molecule has 2 rings (SSSR count). The molecule has 1 heterocycles. The third kappa shape index (κ3) is 4.13. The highest BCUT2D eigenvalue weighted by atomic mass is 15.2. The molecule has 0 aliphatic heterocycles. The van der Waals surface area contributed by atoms with E-state index in [-0.39, 0.29) is 6.04 Å². The smallest absolute Gasteiger partial charge is 0.0580 e. The van der Waals surface area contributed by atoms with Gasteiger partial charge < -0.3 is 5.41 Å². The van der Waals surface area contributed by atoms with Crippen molar-refractivity contribution in [3.8, 4) is 0 Å². The van der Waals surface area contributed by atoms with Crippen LogP contribution in [0.3, 0.4) is 0 Å². The molecule has 0 radical (unpaired) electrons. The molecule has 0 saturated heterocycles. The van der Waals surface area contributed by atoms with Crippen molar-refractivity contribution in [3.63, 3.8) is 0 Å². The molecule has 1 aromatic carbocycles. The number of hydrogen-bond acceptors (Lipinski definition) is 3. The van der Waals surface area contributed by atoms with E-state index in [4.69, 9.17) is 10.4 Å². The molecule has 0 aliphatic rings. The number of nitrogens with zero attached hydrogens (tertiary/aromatic N) is 3. The minimum absolute atomic E-state index is 0.150. The molecule has 4 nitrogen and oxygen atoms in total. The Balaban J connectivity index is 2.26. The average molecular weight is 296 g/mol. The van der Waals surface area contributed by atoms with Gasteiger partial charge in [0, 0.05) is 36.9 Å². The highest BCUT2D eigenvalue weighted by molar-refractivity contribution is 6.11. The SMILES string of the molecule is CC(=N)CC(=NC(C)C(C)c1ccccc1)c1cnn(C)c1. The summed E-state index contributed by atoms with van der Waals surface area (Å²) in [5.41, 5.74) is 3.84. The standard InChI is InChI=1S/C18H24N4/c1-13(19)10-18(17-11-20-22(4)12-17)21-15(3)14(2)16-8-6-5-7-9-16/h5-9,11-12,14-15,19H,10H2,1-4H3. The molecule has 4 heteroatoms. The Hall–Kier alpha value is -2.23. The second-order valence-electron chi connectivity index (χ2n) is 5.88. The predicted molar refractivity (Wildman–Crippen MR) is 92.1 cm³/mol. The van der Waals surface area contributed by atoms with Gasteiger partial charge in [-0.1, -0.05) is 37.3 Å². The van der Waals surface area contributed by atoms with Gasteiger partial charge in [-0.15, -0.1) is 0 Å². The molecule has 0 aliphatic carbocycles. The highest BCUT2D eigenvalue weighted by Crippen LogP contribution is 2.22. The number of aromatic nitrogens is 2. The fourth-order valence-corrected chi connectivity index (χ4v) is 2.44. The predicted octanol–water partition coefficient (Wildman–Crippen LogP) is 3.83. The van der Waals surface area contributed by atoms with Crippen LogP contribution in [0, 0.1) is 5.41 Å². The molecule has 116 valence electrons. The lowest BCUT2D eigenvalue weighted by atomic mass is 9.94. The Morgan fingerprint density at radius 2 is 1.95 bits per heavy atom. The fraction of sp³-hybridized carbons (Fsp3) is 0.389. The van der Waals surface area contributed by atoms with Gasteiger partial charge >= 0.3 is 0 Å². The average Bonchev–Trinajstić information content (AvgIpc) is 2.92. The van der Waals surface area contributed by atoms with E-state index < -0.39 is 0 Å². The second kappa shape index (κ2) is 7.16. The Bertz CT molecular complexity index is 655. The molecule has 0 fully saturated rings. The maximum Gasteiger partial charge on any atom is 0.0580 e. The first-order valence-corrected chi connectivity index (χ1v) is 7.62. The van der Waals surface area contributed by atoms with Crippen LogP contribution >= 0.6 is 0 Å². The van der Waals surface area contributed by atoms with Crippen LogP contribution in [-0.4, -0.2) is 27.2 Å². The van der Waals surface area contributed by atoms with Gasteiger partial charge in [0.05, 0.1) is 18.0 Å². The molecule has 2 unspecified atom stereocenters. The van der Waals surface area contributed by atoms with E-state index >= 15 is 0 Å². The van der Waals surface area contributed by atoms with Crippen molar-refractivity contribution in [3.05, 3.63) is 53.9 Å². The van der Waals surface area contributed by atoms with Gasteiger partial charge in [0.15, 0.2) is 0 Å². The largest absolute Gasteiger partial charge is 0.310 e. The summed E-state index contributed by atoms with van der Waals surface area (Å²) in [5.74, 6) is 0.332. The van der Waals surface area contributed by atoms with Gasteiger partial charge in [0.25, 0.3) is 0 Å². The number of hydrogen-bond donors (Lipinski definition) is 1. The topological polar surface area (TPSA) is 54.0 Å². The van der Waals surface area contributed by atoms with Crippen LogP contribution < -0.4 is 0 Å². The Morgan fingerprint density at radius 1 is 1.27 bits per heavy atom. The molecule has 0 spiro atoms. The number of aliphatic imine (C=N–C) groups is 1. The Kier molecular flexibility index (Phi) is 5.26. The highest BCUT2D eigenvalue weighted by Gasteiger charge is 2.16. The van der Waals surface area contributed by atoms with E-state index in [0.29, 0.717) is 18.1 Å². The van der Waals surface area contributed by atoms with Gasteiger partial charge in [-0.25, -0.2) is 0 Å². The summed E-state index contributed by atoms with van der Waals surface area (Å²) in [4.78, 5) is 4.90. The van der Waals surface area contributed by atoms with Gasteiger partial charge in [-0.05, 0) is 19.4 Å². The summed E-state index contributed by atoms with van der Waals surface area (Å²) in [6.07, 6.45) is 4.35. The van der Waals surface area contributed by atoms with Crippen molar-refractivity contribution in [2.75, 3.05) is 0 Å². The van der Waals surface area contributed by atoms with E-state index in [9.17, 15) is 0 Å². The van der Waals surface area contributed by atoms with Gasteiger partial charge in [-0.3, -0.25) is 9.67 Å². The minimum atomic E-state index is 0.150. The Morgan fingerprint density at radius 3 is 2.50 bits per heavy atom. The number of rotatable bonds is 6. The van der Waals surface area contributed by atoms with Crippen molar-refractivity contribution in [2.45, 2.75) is 39.2 Å². The van der Waals surface area contributed by atoms with Crippen molar-refractivity contribution in [1.82, 2.24) is 9.78 Å². The van der Waals surface area contributed by atoms with E-state index in [1.165, 1.54) is 5.56 Å². The van der Waals surface area contributed by atoms with Crippen molar-refractivity contribution in [1.29, 1.82) is 5.41 Å². The van der Waals surface area contributed by atoms with E-state index in [0.717, 1.165) is 11.3 Å². The van der Waals surface area contributed by atoms with Crippen molar-refractivity contribution >= 4 is 11.4 Å². The maximum atomic E-state index is 7.79. The molecular formula is C18H24N4. The lowest BCUT2D eigenvalue weighted by Crippen LogP contribution is -2.15. The molecule has 0 bridgehead atoms.